The number of anilines is 1. The molecule has 2 aliphatic heterocycles. The first-order chi connectivity index (χ1) is 34.8. The second-order valence-corrected chi connectivity index (χ2v) is 17.5. The maximum absolute atomic E-state index is 13.6. The largest absolute Gasteiger partial charge is 0.347 e. The summed E-state index contributed by atoms with van der Waals surface area (Å²) in [5, 5.41) is 17.5. The van der Waals surface area contributed by atoms with Gasteiger partial charge >= 0.3 is 11.8 Å². The van der Waals surface area contributed by atoms with E-state index in [9.17, 15) is 45.5 Å². The number of carbonyl (C=O) groups is 4. The average Bonchev–Trinajstić information content (AvgIpc) is 4.16. The predicted octanol–water partition coefficient (Wildman–Crippen LogP) is 8.46. The van der Waals surface area contributed by atoms with Crippen LogP contribution < -0.4 is 26.6 Å². The summed E-state index contributed by atoms with van der Waals surface area (Å²) in [7, 11) is 1.50. The van der Waals surface area contributed by atoms with Gasteiger partial charge in [0, 0.05) is 37.5 Å². The van der Waals surface area contributed by atoms with E-state index in [1.54, 1.807) is 119 Å². The highest BCUT2D eigenvalue weighted by molar-refractivity contribution is 9.10. The highest BCUT2D eigenvalue weighted by atomic mass is 79.9. The first-order valence-electron chi connectivity index (χ1n) is 22.4. The van der Waals surface area contributed by atoms with Crippen molar-refractivity contribution in [3.63, 3.8) is 0 Å². The number of nitrogens with two attached hydrogens (primary N) is 1. The summed E-state index contributed by atoms with van der Waals surface area (Å²) in [5.41, 5.74) is 8.92. The Morgan fingerprint density at radius 3 is 1.62 bits per heavy atom. The van der Waals surface area contributed by atoms with Crippen molar-refractivity contribution in [3.8, 4) is 11.4 Å². The summed E-state index contributed by atoms with van der Waals surface area (Å²) >= 11 is 3.31. The van der Waals surface area contributed by atoms with Crippen LogP contribution in [-0.2, 0) is 19.2 Å². The minimum atomic E-state index is -3.58. The number of carbonyl (C=O) groups excluding carboxylic acids is 4. The van der Waals surface area contributed by atoms with Crippen LogP contribution in [0.1, 0.15) is 49.9 Å². The van der Waals surface area contributed by atoms with Crippen LogP contribution in [0.2, 0.25) is 0 Å². The normalized spacial score (nSPS) is 17.4. The van der Waals surface area contributed by atoms with E-state index in [2.05, 4.69) is 57.8 Å². The average molecular weight is 1070 g/mol. The molecule has 0 spiro atoms. The molecule has 2 aliphatic rings. The van der Waals surface area contributed by atoms with Crippen LogP contribution in [0.4, 0.5) is 32.2 Å². The first-order valence-corrected chi connectivity index (χ1v) is 23.1. The molecule has 22 heteroatoms. The topological polar surface area (TPSA) is 195 Å². The standard InChI is InChI=1S/C25H20F3N5O2.C13H14F2N2O2.C12H7BrFN3.CH5N/c1-25(27,28)24(35)31-19-12-22(34)32(23(19)15-5-3-2-4-6-15)21-11-16-13-30-33(20(16)14-29-21)18-9-7-17(26)8-10-18;1-13(14,15)12(19)16-9-7-10(18)17-11(9)8-5-3-2-4-6-8;13-12-5-8-6-16-17(11(8)7-15-12)10-3-1-9(14)2-4-10;1-2/h2-11,13-14,19,23H,12H2,1H3,(H,31,35);2-6,9,11H,7H2,1H3,(H,16,19)(H,17,18);1-7H;2H2,1H3/t19-,23?;9-,11?;;/m00../s1. The number of fused-ring (bicyclic) bond motifs is 2. The van der Waals surface area contributed by atoms with Gasteiger partial charge in [0.2, 0.25) is 11.8 Å². The lowest BCUT2D eigenvalue weighted by atomic mass is 9.99. The van der Waals surface area contributed by atoms with E-state index in [0.29, 0.717) is 41.8 Å². The third-order valence-corrected chi connectivity index (χ3v) is 11.9. The van der Waals surface area contributed by atoms with Gasteiger partial charge < -0.3 is 21.7 Å². The Labute approximate surface area is 421 Å². The highest BCUT2D eigenvalue weighted by Crippen LogP contribution is 2.38. The predicted molar refractivity (Wildman–Crippen MR) is 264 cm³/mol. The van der Waals surface area contributed by atoms with Gasteiger partial charge in [-0.25, -0.2) is 28.1 Å². The lowest BCUT2D eigenvalue weighted by molar-refractivity contribution is -0.144. The lowest BCUT2D eigenvalue weighted by Gasteiger charge is -2.29. The van der Waals surface area contributed by atoms with Crippen LogP contribution in [-0.4, -0.2) is 84.1 Å². The van der Waals surface area contributed by atoms with E-state index < -0.39 is 47.8 Å². The van der Waals surface area contributed by atoms with Gasteiger partial charge in [0.1, 0.15) is 22.1 Å². The van der Waals surface area contributed by atoms with Crippen LogP contribution in [0.5, 0.6) is 0 Å². The second kappa shape index (κ2) is 22.6. The molecule has 4 aromatic heterocycles. The molecule has 15 nitrogen and oxygen atoms in total. The molecule has 0 saturated carbocycles. The van der Waals surface area contributed by atoms with Gasteiger partial charge in [-0.15, -0.1) is 0 Å². The van der Waals surface area contributed by atoms with Gasteiger partial charge in [0.05, 0.1) is 71.4 Å². The Kier molecular flexibility index (Phi) is 16.4. The SMILES string of the molecule is CC(F)(F)C(=O)N[C@H]1CC(=O)N(c2cc3cnn(-c4ccc(F)cc4)c3cn2)C1c1ccccc1.CC(F)(F)C(=O)N[C@H]1CC(=O)NC1c1ccccc1.CN.Fc1ccc(-n2ncc3cc(Br)ncc32)cc1. The van der Waals surface area contributed by atoms with Crippen LogP contribution in [0.3, 0.4) is 0 Å². The molecule has 378 valence electrons. The van der Waals surface area contributed by atoms with Crippen molar-refractivity contribution in [2.24, 2.45) is 5.73 Å². The van der Waals surface area contributed by atoms with E-state index in [-0.39, 0.29) is 36.3 Å². The summed E-state index contributed by atoms with van der Waals surface area (Å²) in [6.45, 7) is 1.05. The third kappa shape index (κ3) is 12.6. The molecular weight excluding hydrogens is 1020 g/mol. The fourth-order valence-corrected chi connectivity index (χ4v) is 8.39. The molecule has 2 fully saturated rings. The third-order valence-electron chi connectivity index (χ3n) is 11.4. The number of nitrogens with one attached hydrogen (secondary N) is 3. The number of rotatable bonds is 9. The Hall–Kier alpha value is -7.98. The number of alkyl halides is 4. The zero-order valence-electron chi connectivity index (χ0n) is 39.1. The van der Waals surface area contributed by atoms with Gasteiger partial charge in [-0.05, 0) is 94.8 Å². The second-order valence-electron chi connectivity index (χ2n) is 16.7. The maximum atomic E-state index is 13.6. The van der Waals surface area contributed by atoms with E-state index in [1.807, 2.05) is 12.1 Å². The fraction of sp³-hybridized carbons (Fsp3) is 0.216. The fourth-order valence-electron chi connectivity index (χ4n) is 8.04. The summed E-state index contributed by atoms with van der Waals surface area (Å²) in [5.74, 6) is -10.8. The molecule has 8 aromatic rings. The molecule has 10 rings (SSSR count). The number of halogens is 7. The van der Waals surface area contributed by atoms with Gasteiger partial charge in [-0.2, -0.15) is 27.8 Å². The number of hydrogen-bond donors (Lipinski definition) is 4. The number of hydrogen-bond acceptors (Lipinski definition) is 9. The molecule has 4 amide bonds. The van der Waals surface area contributed by atoms with Crippen molar-refractivity contribution in [2.75, 3.05) is 11.9 Å². The summed E-state index contributed by atoms with van der Waals surface area (Å²) in [4.78, 5) is 57.9. The van der Waals surface area contributed by atoms with E-state index >= 15 is 0 Å². The van der Waals surface area contributed by atoms with E-state index in [0.717, 1.165) is 26.8 Å². The Bertz CT molecular complexity index is 3210. The molecule has 4 atom stereocenters. The van der Waals surface area contributed by atoms with Gasteiger partial charge in [0.25, 0.3) is 11.8 Å². The molecule has 0 aliphatic carbocycles. The van der Waals surface area contributed by atoms with Crippen molar-refractivity contribution >= 4 is 67.2 Å². The molecular formula is C51H46BrF6N11O4. The number of amides is 4. The Morgan fingerprint density at radius 1 is 0.644 bits per heavy atom. The molecule has 5 N–H and O–H groups in total. The number of nitrogens with zero attached hydrogens (tertiary/aromatic N) is 7. The van der Waals surface area contributed by atoms with E-state index in [4.69, 9.17) is 0 Å². The minimum absolute atomic E-state index is 0.00137. The maximum Gasteiger partial charge on any atom is 0.321 e. The minimum Gasteiger partial charge on any atom is -0.347 e. The highest BCUT2D eigenvalue weighted by Gasteiger charge is 2.46. The number of pyridine rings is 2. The molecule has 2 saturated heterocycles. The zero-order valence-corrected chi connectivity index (χ0v) is 40.7. The van der Waals surface area contributed by atoms with Crippen molar-refractivity contribution in [1.82, 2.24) is 45.5 Å². The van der Waals surface area contributed by atoms with Crippen molar-refractivity contribution in [1.29, 1.82) is 0 Å². The van der Waals surface area contributed by atoms with Gasteiger partial charge in [0.15, 0.2) is 0 Å². The molecule has 2 unspecified atom stereocenters. The summed E-state index contributed by atoms with van der Waals surface area (Å²) in [6.07, 6.45) is 6.47. The van der Waals surface area contributed by atoms with Crippen LogP contribution >= 0.6 is 15.9 Å². The summed E-state index contributed by atoms with van der Waals surface area (Å²) in [6, 6.07) is 30.7. The molecule has 4 aromatic carbocycles. The lowest BCUT2D eigenvalue weighted by Crippen LogP contribution is -2.46. The number of benzene rings is 4. The molecule has 6 heterocycles. The summed E-state index contributed by atoms with van der Waals surface area (Å²) < 4.78 is 83.2. The quantitative estimate of drug-likeness (QED) is 0.0810. The van der Waals surface area contributed by atoms with E-state index in [1.165, 1.54) is 36.2 Å². The van der Waals surface area contributed by atoms with Crippen LogP contribution in [0.15, 0.2) is 151 Å². The smallest absolute Gasteiger partial charge is 0.321 e. The van der Waals surface area contributed by atoms with Crippen LogP contribution in [0.25, 0.3) is 33.2 Å². The molecule has 73 heavy (non-hydrogen) atoms. The van der Waals surface area contributed by atoms with Crippen molar-refractivity contribution < 1.29 is 45.5 Å². The van der Waals surface area contributed by atoms with Gasteiger partial charge in [-0.3, -0.25) is 24.1 Å². The number of aromatic nitrogens is 6. The monoisotopic (exact) mass is 1070 g/mol. The molecule has 0 bridgehead atoms. The van der Waals surface area contributed by atoms with Crippen LogP contribution in [0, 0.1) is 11.6 Å². The van der Waals surface area contributed by atoms with Crippen molar-refractivity contribution in [2.45, 2.75) is 62.7 Å². The van der Waals surface area contributed by atoms with Gasteiger partial charge in [-0.1, -0.05) is 60.7 Å². The molecule has 0 radical (unpaired) electrons. The Morgan fingerprint density at radius 2 is 1.11 bits per heavy atom. The Balaban J connectivity index is 0.000000173. The zero-order chi connectivity index (χ0) is 52.6. The first kappa shape index (κ1) is 52.8. The van der Waals surface area contributed by atoms with Crippen molar-refractivity contribution in [3.05, 3.63) is 173 Å².